The summed E-state index contributed by atoms with van der Waals surface area (Å²) in [5.74, 6) is -0.346. The van der Waals surface area contributed by atoms with Gasteiger partial charge in [-0.15, -0.1) is 0 Å². The first-order valence-electron chi connectivity index (χ1n) is 6.49. The molecule has 1 aromatic carbocycles. The summed E-state index contributed by atoms with van der Waals surface area (Å²) in [5, 5.41) is 3.73. The van der Waals surface area contributed by atoms with E-state index in [0.29, 0.717) is 19.4 Å². The molecule has 1 N–H and O–H groups in total. The lowest BCUT2D eigenvalue weighted by Gasteiger charge is -2.03. The van der Waals surface area contributed by atoms with E-state index in [1.165, 1.54) is 7.11 Å². The molecule has 0 saturated carbocycles. The molecule has 0 aliphatic carbocycles. The second-order valence-corrected chi connectivity index (χ2v) is 4.46. The highest BCUT2D eigenvalue weighted by Gasteiger charge is 2.09. The summed E-state index contributed by atoms with van der Waals surface area (Å²) < 4.78 is 9.91. The molecule has 0 bridgehead atoms. The van der Waals surface area contributed by atoms with Gasteiger partial charge < -0.3 is 14.5 Å². The van der Waals surface area contributed by atoms with Gasteiger partial charge in [0, 0.05) is 23.9 Å². The molecule has 0 aliphatic heterocycles. The van der Waals surface area contributed by atoms with E-state index in [9.17, 15) is 9.59 Å². The smallest absolute Gasteiger partial charge is 0.305 e. The number of fused-ring (bicyclic) bond motifs is 1. The number of esters is 1. The Hall–Kier alpha value is -2.30. The number of benzene rings is 1. The fraction of sp³-hybridized carbons (Fsp3) is 0.333. The molecule has 0 fully saturated rings. The molecule has 0 spiro atoms. The van der Waals surface area contributed by atoms with E-state index in [2.05, 4.69) is 10.1 Å². The predicted molar refractivity (Wildman–Crippen MR) is 74.2 cm³/mol. The van der Waals surface area contributed by atoms with Gasteiger partial charge in [-0.25, -0.2) is 0 Å². The molecule has 0 radical (unpaired) electrons. The number of hydrogen-bond donors (Lipinski definition) is 1. The molecule has 5 heteroatoms. The largest absolute Gasteiger partial charge is 0.469 e. The van der Waals surface area contributed by atoms with Crippen LogP contribution >= 0.6 is 0 Å². The van der Waals surface area contributed by atoms with Gasteiger partial charge in [0.2, 0.25) is 5.91 Å². The van der Waals surface area contributed by atoms with Crippen molar-refractivity contribution in [3.63, 3.8) is 0 Å². The zero-order valence-corrected chi connectivity index (χ0v) is 11.3. The molecule has 0 atom stereocenters. The highest BCUT2D eigenvalue weighted by molar-refractivity contribution is 5.87. The molecule has 1 amide bonds. The van der Waals surface area contributed by atoms with Crippen LogP contribution in [0.4, 0.5) is 0 Å². The summed E-state index contributed by atoms with van der Waals surface area (Å²) in [4.78, 5) is 22.7. The quantitative estimate of drug-likeness (QED) is 0.647. The molecule has 1 heterocycles. The standard InChI is InChI=1S/C15H17NO4/c1-19-15(18)7-4-8-16-14(17)9-11-10-20-13-6-3-2-5-12(11)13/h2-3,5-6,10H,4,7-9H2,1H3,(H,16,17). The van der Waals surface area contributed by atoms with Crippen LogP contribution in [0.2, 0.25) is 0 Å². The summed E-state index contributed by atoms with van der Waals surface area (Å²) >= 11 is 0. The molecule has 0 unspecified atom stereocenters. The lowest BCUT2D eigenvalue weighted by molar-refractivity contribution is -0.140. The van der Waals surface area contributed by atoms with Crippen LogP contribution in [-0.2, 0) is 20.7 Å². The molecule has 2 rings (SSSR count). The van der Waals surface area contributed by atoms with Crippen molar-refractivity contribution in [2.24, 2.45) is 0 Å². The number of amides is 1. The Balaban J connectivity index is 1.81. The van der Waals surface area contributed by atoms with Crippen molar-refractivity contribution in [1.29, 1.82) is 0 Å². The number of furan rings is 1. The van der Waals surface area contributed by atoms with Crippen molar-refractivity contribution in [3.05, 3.63) is 36.1 Å². The SMILES string of the molecule is COC(=O)CCCNC(=O)Cc1coc2ccccc12. The number of carbonyl (C=O) groups excluding carboxylic acids is 2. The zero-order chi connectivity index (χ0) is 14.4. The number of carbonyl (C=O) groups is 2. The molecular formula is C15H17NO4. The van der Waals surface area contributed by atoms with Crippen LogP contribution in [0.3, 0.4) is 0 Å². The van der Waals surface area contributed by atoms with E-state index in [1.54, 1.807) is 6.26 Å². The topological polar surface area (TPSA) is 68.5 Å². The maximum Gasteiger partial charge on any atom is 0.305 e. The first kappa shape index (κ1) is 14.1. The fourth-order valence-corrected chi connectivity index (χ4v) is 1.97. The number of nitrogens with one attached hydrogen (secondary N) is 1. The van der Waals surface area contributed by atoms with E-state index in [0.717, 1.165) is 16.5 Å². The Morgan fingerprint density at radius 2 is 2.10 bits per heavy atom. The Morgan fingerprint density at radius 3 is 2.90 bits per heavy atom. The minimum atomic E-state index is -0.264. The lowest BCUT2D eigenvalue weighted by Crippen LogP contribution is -2.26. The predicted octanol–water partition coefficient (Wildman–Crippen LogP) is 2.04. The molecule has 1 aromatic heterocycles. The van der Waals surface area contributed by atoms with Gasteiger partial charge in [0.05, 0.1) is 19.8 Å². The van der Waals surface area contributed by atoms with Crippen LogP contribution in [-0.4, -0.2) is 25.5 Å². The van der Waals surface area contributed by atoms with Crippen LogP contribution in [0.15, 0.2) is 34.9 Å². The van der Waals surface area contributed by atoms with E-state index >= 15 is 0 Å². The molecule has 2 aromatic rings. The van der Waals surface area contributed by atoms with E-state index < -0.39 is 0 Å². The van der Waals surface area contributed by atoms with Gasteiger partial charge in [-0.1, -0.05) is 18.2 Å². The van der Waals surface area contributed by atoms with Crippen LogP contribution in [0.5, 0.6) is 0 Å². The van der Waals surface area contributed by atoms with E-state index in [4.69, 9.17) is 4.42 Å². The Labute approximate surface area is 116 Å². The molecule has 0 aliphatic rings. The molecule has 5 nitrogen and oxygen atoms in total. The zero-order valence-electron chi connectivity index (χ0n) is 11.3. The highest BCUT2D eigenvalue weighted by atomic mass is 16.5. The van der Waals surface area contributed by atoms with Crippen molar-refractivity contribution < 1.29 is 18.7 Å². The molecule has 106 valence electrons. The van der Waals surface area contributed by atoms with Gasteiger partial charge in [-0.2, -0.15) is 0 Å². The van der Waals surface area contributed by atoms with Gasteiger partial charge in [0.1, 0.15) is 5.58 Å². The average Bonchev–Trinajstić information content (AvgIpc) is 2.86. The highest BCUT2D eigenvalue weighted by Crippen LogP contribution is 2.20. The van der Waals surface area contributed by atoms with Gasteiger partial charge >= 0.3 is 5.97 Å². The minimum absolute atomic E-state index is 0.0820. The Bertz CT molecular complexity index is 603. The number of hydrogen-bond acceptors (Lipinski definition) is 4. The first-order chi connectivity index (χ1) is 9.70. The minimum Gasteiger partial charge on any atom is -0.469 e. The van der Waals surface area contributed by atoms with E-state index in [1.807, 2.05) is 24.3 Å². The number of para-hydroxylation sites is 1. The molecule has 0 saturated heterocycles. The van der Waals surface area contributed by atoms with Gasteiger partial charge in [-0.05, 0) is 12.5 Å². The maximum absolute atomic E-state index is 11.8. The fourth-order valence-electron chi connectivity index (χ4n) is 1.97. The van der Waals surface area contributed by atoms with Crippen molar-refractivity contribution >= 4 is 22.8 Å². The van der Waals surface area contributed by atoms with Crippen molar-refractivity contribution in [2.45, 2.75) is 19.3 Å². The van der Waals surface area contributed by atoms with Gasteiger partial charge in [0.25, 0.3) is 0 Å². The van der Waals surface area contributed by atoms with Gasteiger partial charge in [-0.3, -0.25) is 9.59 Å². The van der Waals surface area contributed by atoms with Crippen molar-refractivity contribution in [3.8, 4) is 0 Å². The third kappa shape index (κ3) is 3.60. The normalized spacial score (nSPS) is 10.4. The summed E-state index contributed by atoms with van der Waals surface area (Å²) in [6.07, 6.45) is 2.77. The Morgan fingerprint density at radius 1 is 1.30 bits per heavy atom. The van der Waals surface area contributed by atoms with Crippen LogP contribution < -0.4 is 5.32 Å². The van der Waals surface area contributed by atoms with Crippen LogP contribution in [0, 0.1) is 0 Å². The monoisotopic (exact) mass is 275 g/mol. The summed E-state index contributed by atoms with van der Waals surface area (Å²) in [6.45, 7) is 0.462. The second-order valence-electron chi connectivity index (χ2n) is 4.46. The third-order valence-electron chi connectivity index (χ3n) is 3.02. The first-order valence-corrected chi connectivity index (χ1v) is 6.49. The summed E-state index contributed by atoms with van der Waals surface area (Å²) in [6, 6.07) is 7.60. The Kier molecular flexibility index (Phi) is 4.76. The second kappa shape index (κ2) is 6.75. The third-order valence-corrected chi connectivity index (χ3v) is 3.02. The molecular weight excluding hydrogens is 258 g/mol. The van der Waals surface area contributed by atoms with Crippen molar-refractivity contribution in [1.82, 2.24) is 5.32 Å². The number of methoxy groups -OCH3 is 1. The van der Waals surface area contributed by atoms with Crippen molar-refractivity contribution in [2.75, 3.05) is 13.7 Å². The summed E-state index contributed by atoms with van der Waals surface area (Å²) in [5.41, 5.74) is 1.65. The van der Waals surface area contributed by atoms with E-state index in [-0.39, 0.29) is 18.3 Å². The lowest BCUT2D eigenvalue weighted by atomic mass is 10.1. The summed E-state index contributed by atoms with van der Waals surface area (Å²) in [7, 11) is 1.35. The number of rotatable bonds is 6. The number of ether oxygens (including phenoxy) is 1. The van der Waals surface area contributed by atoms with Crippen LogP contribution in [0.1, 0.15) is 18.4 Å². The maximum atomic E-state index is 11.8. The van der Waals surface area contributed by atoms with Gasteiger partial charge in [0.15, 0.2) is 0 Å². The van der Waals surface area contributed by atoms with Crippen LogP contribution in [0.25, 0.3) is 11.0 Å². The molecule has 20 heavy (non-hydrogen) atoms. The average molecular weight is 275 g/mol.